The van der Waals surface area contributed by atoms with E-state index in [0.29, 0.717) is 0 Å². The molecule has 1 atom stereocenters. The largest absolute Gasteiger partial charge is 0.382 e. The minimum absolute atomic E-state index is 0.0572. The van der Waals surface area contributed by atoms with Crippen LogP contribution in [0, 0.1) is 10.8 Å². The van der Waals surface area contributed by atoms with E-state index in [9.17, 15) is 5.11 Å². The molecule has 0 amide bonds. The van der Waals surface area contributed by atoms with Crippen molar-refractivity contribution >= 4 is 5.71 Å². The molecule has 0 heterocycles. The Kier molecular flexibility index (Phi) is 8.12. The average molecular weight is 348 g/mol. The van der Waals surface area contributed by atoms with Crippen molar-refractivity contribution in [2.24, 2.45) is 15.8 Å². The molecule has 0 aromatic rings. The van der Waals surface area contributed by atoms with Gasteiger partial charge in [-0.1, -0.05) is 86.6 Å². The van der Waals surface area contributed by atoms with Gasteiger partial charge in [0.1, 0.15) is 6.10 Å². The van der Waals surface area contributed by atoms with Gasteiger partial charge in [0.2, 0.25) is 0 Å². The van der Waals surface area contributed by atoms with E-state index in [1.54, 1.807) is 0 Å². The van der Waals surface area contributed by atoms with Crippen LogP contribution in [0.4, 0.5) is 0 Å². The lowest BCUT2D eigenvalue weighted by Crippen LogP contribution is -2.35. The van der Waals surface area contributed by atoms with E-state index >= 15 is 0 Å². The van der Waals surface area contributed by atoms with E-state index < -0.39 is 6.10 Å². The van der Waals surface area contributed by atoms with Gasteiger partial charge in [0.15, 0.2) is 0 Å². The molecule has 1 aliphatic rings. The van der Waals surface area contributed by atoms with E-state index in [2.05, 4.69) is 61.5 Å². The van der Waals surface area contributed by atoms with Crippen LogP contribution in [0.5, 0.6) is 0 Å². The maximum absolute atomic E-state index is 11.0. The van der Waals surface area contributed by atoms with Crippen LogP contribution in [-0.4, -0.2) is 23.5 Å². The fourth-order valence-electron chi connectivity index (χ4n) is 3.54. The van der Waals surface area contributed by atoms with E-state index in [-0.39, 0.29) is 10.8 Å². The Morgan fingerprint density at radius 1 is 0.920 bits per heavy atom. The molecular weight excluding hydrogens is 306 g/mol. The van der Waals surface area contributed by atoms with Gasteiger partial charge in [-0.3, -0.25) is 4.99 Å². The molecule has 1 unspecified atom stereocenters. The van der Waals surface area contributed by atoms with Crippen molar-refractivity contribution in [2.45, 2.75) is 100 Å². The van der Waals surface area contributed by atoms with E-state index in [1.165, 1.54) is 43.3 Å². The first-order chi connectivity index (χ1) is 11.5. The quantitative estimate of drug-likeness (QED) is 0.524. The van der Waals surface area contributed by atoms with E-state index in [0.717, 1.165) is 24.3 Å². The highest BCUT2D eigenvalue weighted by molar-refractivity contribution is 6.07. The van der Waals surface area contributed by atoms with E-state index in [1.807, 2.05) is 0 Å². The first kappa shape index (κ1) is 22.2. The molecule has 0 radical (unpaired) electrons. The molecule has 2 nitrogen and oxygen atoms in total. The first-order valence-electron chi connectivity index (χ1n) is 10.2. The summed E-state index contributed by atoms with van der Waals surface area (Å²) in [7, 11) is 0. The Hall–Kier alpha value is -0.890. The summed E-state index contributed by atoms with van der Waals surface area (Å²) in [6.45, 7) is 18.4. The zero-order valence-electron chi connectivity index (χ0n) is 18.0. The van der Waals surface area contributed by atoms with Crippen molar-refractivity contribution in [2.75, 3.05) is 6.54 Å². The third-order valence-electron chi connectivity index (χ3n) is 5.11. The highest BCUT2D eigenvalue weighted by Gasteiger charge is 2.35. The summed E-state index contributed by atoms with van der Waals surface area (Å²) in [6.07, 6.45) is 9.28. The first-order valence-corrected chi connectivity index (χ1v) is 10.2. The molecule has 0 bridgehead atoms. The molecular formula is C23H41NO. The third-order valence-corrected chi connectivity index (χ3v) is 5.11. The zero-order valence-corrected chi connectivity index (χ0v) is 18.0. The third kappa shape index (κ3) is 6.40. The predicted octanol–water partition coefficient (Wildman–Crippen LogP) is 6.50. The van der Waals surface area contributed by atoms with E-state index in [4.69, 9.17) is 4.99 Å². The number of hydrogen-bond acceptors (Lipinski definition) is 2. The average Bonchev–Trinajstić information content (AvgIpc) is 2.46. The molecule has 0 saturated carbocycles. The predicted molar refractivity (Wildman–Crippen MR) is 111 cm³/mol. The van der Waals surface area contributed by atoms with Crippen molar-refractivity contribution in [1.82, 2.24) is 0 Å². The minimum Gasteiger partial charge on any atom is -0.382 e. The van der Waals surface area contributed by atoms with Crippen molar-refractivity contribution in [3.05, 3.63) is 22.8 Å². The second kappa shape index (κ2) is 9.16. The molecule has 0 aromatic heterocycles. The number of allylic oxidation sites excluding steroid dienone is 2. The van der Waals surface area contributed by atoms with Crippen LogP contribution >= 0.6 is 0 Å². The highest BCUT2D eigenvalue weighted by Crippen LogP contribution is 2.40. The summed E-state index contributed by atoms with van der Waals surface area (Å²) >= 11 is 0. The standard InChI is InChI=1S/C23H41NO/c1-9-10-11-12-13-14-15-24-20-17(2)18(22(3,4)5)16-19(21(20)25)23(6,7)8/h16,21,25H,9-15H2,1-8H3. The van der Waals surface area contributed by atoms with Crippen LogP contribution in [0.2, 0.25) is 0 Å². The summed E-state index contributed by atoms with van der Waals surface area (Å²) in [6, 6.07) is 0. The summed E-state index contributed by atoms with van der Waals surface area (Å²) in [4.78, 5) is 4.86. The van der Waals surface area contributed by atoms with Gasteiger partial charge in [-0.2, -0.15) is 0 Å². The molecule has 144 valence electrons. The van der Waals surface area contributed by atoms with Crippen LogP contribution in [0.1, 0.15) is 93.9 Å². The van der Waals surface area contributed by atoms with Gasteiger partial charge in [0, 0.05) is 6.54 Å². The van der Waals surface area contributed by atoms with Crippen LogP contribution in [0.25, 0.3) is 0 Å². The Balaban J connectivity index is 2.95. The summed E-state index contributed by atoms with van der Waals surface area (Å²) in [5.41, 5.74) is 4.46. The smallest absolute Gasteiger partial charge is 0.118 e. The summed E-state index contributed by atoms with van der Waals surface area (Å²) in [5.74, 6) is 0. The van der Waals surface area contributed by atoms with Gasteiger partial charge in [-0.15, -0.1) is 0 Å². The molecule has 0 spiro atoms. The molecule has 25 heavy (non-hydrogen) atoms. The second-order valence-corrected chi connectivity index (χ2v) is 9.58. The van der Waals surface area contributed by atoms with Crippen LogP contribution < -0.4 is 0 Å². The number of unbranched alkanes of at least 4 members (excludes halogenated alkanes) is 5. The van der Waals surface area contributed by atoms with Gasteiger partial charge in [0.25, 0.3) is 0 Å². The Morgan fingerprint density at radius 3 is 2.00 bits per heavy atom. The number of aliphatic imine (C=N–C) groups is 1. The van der Waals surface area contributed by atoms with Gasteiger partial charge in [-0.05, 0) is 40.9 Å². The lowest BCUT2D eigenvalue weighted by Gasteiger charge is -2.36. The Labute approximate surface area is 156 Å². The molecule has 0 fully saturated rings. The topological polar surface area (TPSA) is 32.6 Å². The zero-order chi connectivity index (χ0) is 19.3. The molecule has 1 aliphatic carbocycles. The van der Waals surface area contributed by atoms with Gasteiger partial charge in [0.05, 0.1) is 5.71 Å². The number of aliphatic hydroxyl groups excluding tert-OH is 1. The van der Waals surface area contributed by atoms with Crippen molar-refractivity contribution < 1.29 is 5.11 Å². The summed E-state index contributed by atoms with van der Waals surface area (Å²) in [5, 5.41) is 11.0. The number of aliphatic hydroxyl groups is 1. The Bertz CT molecular complexity index is 523. The lowest BCUT2D eigenvalue weighted by molar-refractivity contribution is 0.243. The molecule has 2 heteroatoms. The van der Waals surface area contributed by atoms with Gasteiger partial charge in [-0.25, -0.2) is 0 Å². The highest BCUT2D eigenvalue weighted by atomic mass is 16.3. The van der Waals surface area contributed by atoms with Crippen LogP contribution in [0.15, 0.2) is 27.8 Å². The number of rotatable bonds is 7. The Morgan fingerprint density at radius 2 is 1.48 bits per heavy atom. The maximum Gasteiger partial charge on any atom is 0.118 e. The van der Waals surface area contributed by atoms with Gasteiger partial charge < -0.3 is 5.11 Å². The monoisotopic (exact) mass is 347 g/mol. The SMILES string of the molecule is CCCCCCCCN=C1C(C)=C(C(C)(C)C)C=C(C(C)(C)C)C1O. The summed E-state index contributed by atoms with van der Waals surface area (Å²) < 4.78 is 0. The molecule has 1 rings (SSSR count). The van der Waals surface area contributed by atoms with Crippen molar-refractivity contribution in [3.8, 4) is 0 Å². The molecule has 1 N–H and O–H groups in total. The molecule has 0 aromatic carbocycles. The molecule has 0 saturated heterocycles. The number of nitrogens with zero attached hydrogens (tertiary/aromatic N) is 1. The van der Waals surface area contributed by atoms with Crippen molar-refractivity contribution in [3.63, 3.8) is 0 Å². The fraction of sp³-hybridized carbons (Fsp3) is 0.783. The maximum atomic E-state index is 11.0. The minimum atomic E-state index is -0.564. The van der Waals surface area contributed by atoms with Crippen LogP contribution in [-0.2, 0) is 0 Å². The number of hydrogen-bond donors (Lipinski definition) is 1. The normalized spacial score (nSPS) is 21.1. The van der Waals surface area contributed by atoms with Crippen molar-refractivity contribution in [1.29, 1.82) is 0 Å². The molecule has 0 aliphatic heterocycles. The second-order valence-electron chi connectivity index (χ2n) is 9.58. The lowest BCUT2D eigenvalue weighted by atomic mass is 9.71. The van der Waals surface area contributed by atoms with Gasteiger partial charge >= 0.3 is 0 Å². The fourth-order valence-corrected chi connectivity index (χ4v) is 3.54. The van der Waals surface area contributed by atoms with Crippen LogP contribution in [0.3, 0.4) is 0 Å².